The number of hydrogen-bond donors (Lipinski definition) is 2. The SMILES string of the molecule is COc1ccc(N2CCN(CCNC(=O)NC3CC(=O)N(c4ccc(C)cc4)C3)CC2)cc1. The molecule has 2 fully saturated rings. The number of rotatable bonds is 7. The van der Waals surface area contributed by atoms with Crippen molar-refractivity contribution in [2.75, 3.05) is 62.7 Å². The summed E-state index contributed by atoms with van der Waals surface area (Å²) in [7, 11) is 1.68. The minimum absolute atomic E-state index is 0.0406. The van der Waals surface area contributed by atoms with E-state index in [2.05, 4.69) is 32.6 Å². The quantitative estimate of drug-likeness (QED) is 0.675. The molecule has 2 aromatic carbocycles. The summed E-state index contributed by atoms with van der Waals surface area (Å²) >= 11 is 0. The highest BCUT2D eigenvalue weighted by molar-refractivity contribution is 5.96. The highest BCUT2D eigenvalue weighted by Gasteiger charge is 2.31. The second kappa shape index (κ2) is 10.6. The molecule has 2 aliphatic rings. The van der Waals surface area contributed by atoms with E-state index < -0.39 is 0 Å². The molecule has 0 aliphatic carbocycles. The number of carbonyl (C=O) groups excluding carboxylic acids is 2. The molecule has 2 aromatic rings. The molecule has 0 bridgehead atoms. The van der Waals surface area contributed by atoms with Crippen LogP contribution in [-0.2, 0) is 4.79 Å². The van der Waals surface area contributed by atoms with Crippen LogP contribution in [0.4, 0.5) is 16.2 Å². The van der Waals surface area contributed by atoms with E-state index in [1.165, 1.54) is 5.69 Å². The number of piperazine rings is 1. The van der Waals surface area contributed by atoms with Gasteiger partial charge in [-0.25, -0.2) is 4.79 Å². The van der Waals surface area contributed by atoms with Crippen molar-refractivity contribution in [1.29, 1.82) is 0 Å². The first kappa shape index (κ1) is 22.9. The number of amides is 3. The molecule has 0 spiro atoms. The number of ether oxygens (including phenoxy) is 1. The zero-order chi connectivity index (χ0) is 23.2. The molecule has 4 rings (SSSR count). The lowest BCUT2D eigenvalue weighted by Gasteiger charge is -2.36. The van der Waals surface area contributed by atoms with Gasteiger partial charge in [0.15, 0.2) is 0 Å². The molecule has 1 atom stereocenters. The van der Waals surface area contributed by atoms with Crippen molar-refractivity contribution in [3.8, 4) is 5.75 Å². The summed E-state index contributed by atoms with van der Waals surface area (Å²) in [6.45, 7) is 7.73. The molecule has 8 nitrogen and oxygen atoms in total. The normalized spacial score (nSPS) is 19.0. The van der Waals surface area contributed by atoms with Crippen LogP contribution in [0.5, 0.6) is 5.75 Å². The summed E-state index contributed by atoms with van der Waals surface area (Å²) in [6, 6.07) is 15.7. The molecule has 1 unspecified atom stereocenters. The maximum absolute atomic E-state index is 12.4. The Labute approximate surface area is 195 Å². The molecular formula is C25H33N5O3. The van der Waals surface area contributed by atoms with Crippen LogP contribution in [0.15, 0.2) is 48.5 Å². The Morgan fingerprint density at radius 1 is 1.00 bits per heavy atom. The van der Waals surface area contributed by atoms with E-state index in [0.717, 1.165) is 49.7 Å². The van der Waals surface area contributed by atoms with Crippen molar-refractivity contribution in [3.05, 3.63) is 54.1 Å². The molecule has 0 aromatic heterocycles. The van der Waals surface area contributed by atoms with Gasteiger partial charge in [0.2, 0.25) is 5.91 Å². The minimum atomic E-state index is -0.213. The van der Waals surface area contributed by atoms with Crippen molar-refractivity contribution < 1.29 is 14.3 Å². The van der Waals surface area contributed by atoms with Gasteiger partial charge >= 0.3 is 6.03 Å². The maximum atomic E-state index is 12.4. The van der Waals surface area contributed by atoms with Crippen molar-refractivity contribution in [2.45, 2.75) is 19.4 Å². The van der Waals surface area contributed by atoms with Gasteiger partial charge < -0.3 is 25.2 Å². The number of benzene rings is 2. The fraction of sp³-hybridized carbons (Fsp3) is 0.440. The highest BCUT2D eigenvalue weighted by atomic mass is 16.5. The summed E-state index contributed by atoms with van der Waals surface area (Å²) in [4.78, 5) is 31.2. The Hall–Kier alpha value is -3.26. The molecule has 2 aliphatic heterocycles. The van der Waals surface area contributed by atoms with Crippen molar-refractivity contribution in [1.82, 2.24) is 15.5 Å². The number of nitrogens with one attached hydrogen (secondary N) is 2. The fourth-order valence-corrected chi connectivity index (χ4v) is 4.37. The van der Waals surface area contributed by atoms with Gasteiger partial charge in [-0.2, -0.15) is 0 Å². The van der Waals surface area contributed by atoms with Gasteiger partial charge in [-0.3, -0.25) is 9.69 Å². The lowest BCUT2D eigenvalue weighted by Crippen LogP contribution is -2.50. The Morgan fingerprint density at radius 2 is 1.67 bits per heavy atom. The summed E-state index contributed by atoms with van der Waals surface area (Å²) in [6.07, 6.45) is 0.328. The van der Waals surface area contributed by atoms with Crippen LogP contribution in [0.2, 0.25) is 0 Å². The van der Waals surface area contributed by atoms with Gasteiger partial charge in [0.1, 0.15) is 5.75 Å². The monoisotopic (exact) mass is 451 g/mol. The van der Waals surface area contributed by atoms with Crippen molar-refractivity contribution >= 4 is 23.3 Å². The van der Waals surface area contributed by atoms with E-state index in [4.69, 9.17) is 4.74 Å². The number of hydrogen-bond acceptors (Lipinski definition) is 5. The van der Waals surface area contributed by atoms with E-state index >= 15 is 0 Å². The molecule has 2 saturated heterocycles. The van der Waals surface area contributed by atoms with Crippen molar-refractivity contribution in [2.24, 2.45) is 0 Å². The molecule has 3 amide bonds. The largest absolute Gasteiger partial charge is 0.497 e. The minimum Gasteiger partial charge on any atom is -0.497 e. The molecule has 0 radical (unpaired) electrons. The van der Waals surface area contributed by atoms with E-state index in [1.807, 2.05) is 43.3 Å². The van der Waals surface area contributed by atoms with E-state index in [1.54, 1.807) is 12.0 Å². The first-order valence-corrected chi connectivity index (χ1v) is 11.5. The summed E-state index contributed by atoms with van der Waals surface area (Å²) in [5, 5.41) is 5.89. The Balaban J connectivity index is 1.14. The van der Waals surface area contributed by atoms with Crippen LogP contribution in [0.3, 0.4) is 0 Å². The maximum Gasteiger partial charge on any atom is 0.315 e. The number of anilines is 2. The fourth-order valence-electron chi connectivity index (χ4n) is 4.37. The molecule has 8 heteroatoms. The number of nitrogens with zero attached hydrogens (tertiary/aromatic N) is 3. The zero-order valence-corrected chi connectivity index (χ0v) is 19.4. The Morgan fingerprint density at radius 3 is 2.33 bits per heavy atom. The van der Waals surface area contributed by atoms with Crippen LogP contribution >= 0.6 is 0 Å². The van der Waals surface area contributed by atoms with Crippen LogP contribution in [0, 0.1) is 6.92 Å². The Bertz CT molecular complexity index is 940. The predicted molar refractivity (Wildman–Crippen MR) is 130 cm³/mol. The van der Waals surface area contributed by atoms with E-state index in [-0.39, 0.29) is 18.0 Å². The number of urea groups is 1. The van der Waals surface area contributed by atoms with Gasteiger partial charge in [0.25, 0.3) is 0 Å². The summed E-state index contributed by atoms with van der Waals surface area (Å²) in [5.41, 5.74) is 3.24. The molecule has 2 heterocycles. The van der Waals surface area contributed by atoms with Crippen LogP contribution in [0.1, 0.15) is 12.0 Å². The van der Waals surface area contributed by atoms with E-state index in [9.17, 15) is 9.59 Å². The third kappa shape index (κ3) is 5.96. The molecule has 33 heavy (non-hydrogen) atoms. The number of carbonyl (C=O) groups is 2. The van der Waals surface area contributed by atoms with Crippen molar-refractivity contribution in [3.63, 3.8) is 0 Å². The van der Waals surface area contributed by atoms with Gasteiger partial charge in [0.05, 0.1) is 13.2 Å². The lowest BCUT2D eigenvalue weighted by molar-refractivity contribution is -0.117. The second-order valence-corrected chi connectivity index (χ2v) is 8.67. The molecular weight excluding hydrogens is 418 g/mol. The Kier molecular flexibility index (Phi) is 7.34. The molecule has 2 N–H and O–H groups in total. The number of aryl methyl sites for hydroxylation is 1. The van der Waals surface area contributed by atoms with Gasteiger partial charge in [-0.1, -0.05) is 17.7 Å². The van der Waals surface area contributed by atoms with Crippen LogP contribution in [0.25, 0.3) is 0 Å². The molecule has 176 valence electrons. The van der Waals surface area contributed by atoms with Gasteiger partial charge in [0, 0.05) is 63.6 Å². The van der Waals surface area contributed by atoms with Gasteiger partial charge in [-0.15, -0.1) is 0 Å². The zero-order valence-electron chi connectivity index (χ0n) is 19.4. The van der Waals surface area contributed by atoms with Gasteiger partial charge in [-0.05, 0) is 43.3 Å². The van der Waals surface area contributed by atoms with E-state index in [0.29, 0.717) is 19.5 Å². The lowest BCUT2D eigenvalue weighted by atomic mass is 10.2. The summed E-state index contributed by atoms with van der Waals surface area (Å²) in [5.74, 6) is 0.908. The number of methoxy groups -OCH3 is 1. The van der Waals surface area contributed by atoms with Crippen LogP contribution in [-0.4, -0.2) is 75.8 Å². The first-order chi connectivity index (χ1) is 16.0. The predicted octanol–water partition coefficient (Wildman–Crippen LogP) is 2.23. The highest BCUT2D eigenvalue weighted by Crippen LogP contribution is 2.22. The standard InChI is InChI=1S/C25H33N5O3/c1-19-3-5-22(6-4-19)30-18-20(17-24(30)31)27-25(32)26-11-12-28-13-15-29(16-14-28)21-7-9-23(33-2)10-8-21/h3-10,20H,11-18H2,1-2H3,(H2,26,27,32). The third-order valence-corrected chi connectivity index (χ3v) is 6.33. The molecule has 0 saturated carbocycles. The summed E-state index contributed by atoms with van der Waals surface area (Å²) < 4.78 is 5.23. The average molecular weight is 452 g/mol. The third-order valence-electron chi connectivity index (χ3n) is 6.33. The smallest absolute Gasteiger partial charge is 0.315 e. The average Bonchev–Trinajstić information content (AvgIpc) is 3.19. The second-order valence-electron chi connectivity index (χ2n) is 8.67. The topological polar surface area (TPSA) is 77.1 Å². The van der Waals surface area contributed by atoms with Crippen LogP contribution < -0.4 is 25.2 Å². The first-order valence-electron chi connectivity index (χ1n) is 11.5.